The number of hydrogen-bond acceptors (Lipinski definition) is 6. The molecule has 1 aromatic carbocycles. The summed E-state index contributed by atoms with van der Waals surface area (Å²) in [7, 11) is -2.87. The number of sulfone groups is 1. The predicted molar refractivity (Wildman–Crippen MR) is 129 cm³/mol. The summed E-state index contributed by atoms with van der Waals surface area (Å²) in [5.41, 5.74) is 4.14. The summed E-state index contributed by atoms with van der Waals surface area (Å²) in [6, 6.07) is 6.03. The van der Waals surface area contributed by atoms with Gasteiger partial charge in [-0.15, -0.1) is 0 Å². The van der Waals surface area contributed by atoms with Crippen LogP contribution in [0.1, 0.15) is 49.4 Å². The third-order valence-electron chi connectivity index (χ3n) is 6.88. The third-order valence-corrected chi connectivity index (χ3v) is 8.60. The lowest BCUT2D eigenvalue weighted by Gasteiger charge is -2.22. The maximum absolute atomic E-state index is 13.2. The van der Waals surface area contributed by atoms with Crippen molar-refractivity contribution in [2.45, 2.75) is 44.6 Å². The fraction of sp³-hybridized carbons (Fsp3) is 0.458. The fourth-order valence-corrected chi connectivity index (χ4v) is 6.00. The maximum atomic E-state index is 13.2. The molecule has 1 aliphatic carbocycles. The van der Waals surface area contributed by atoms with Crippen LogP contribution in [-0.4, -0.2) is 53.1 Å². The average Bonchev–Trinajstić information content (AvgIpc) is 3.28. The van der Waals surface area contributed by atoms with Crippen molar-refractivity contribution in [2.75, 3.05) is 23.4 Å². The van der Waals surface area contributed by atoms with Crippen LogP contribution in [0.25, 0.3) is 22.0 Å². The summed E-state index contributed by atoms with van der Waals surface area (Å²) in [5, 5.41) is 14.4. The van der Waals surface area contributed by atoms with Crippen LogP contribution in [0.5, 0.6) is 0 Å². The average molecular weight is 468 g/mol. The number of nitrogens with zero attached hydrogens (tertiary/aromatic N) is 2. The molecule has 2 fully saturated rings. The van der Waals surface area contributed by atoms with E-state index in [4.69, 9.17) is 0 Å². The number of anilines is 1. The Morgan fingerprint density at radius 3 is 2.67 bits per heavy atom. The number of aromatic amines is 1. The highest BCUT2D eigenvalue weighted by Crippen LogP contribution is 2.41. The van der Waals surface area contributed by atoms with Crippen molar-refractivity contribution in [1.82, 2.24) is 20.5 Å². The van der Waals surface area contributed by atoms with Gasteiger partial charge in [0, 0.05) is 35.4 Å². The second-order valence-corrected chi connectivity index (χ2v) is 11.9. The number of H-pyrrole nitrogens is 1. The van der Waals surface area contributed by atoms with Gasteiger partial charge < -0.3 is 10.6 Å². The Balaban J connectivity index is 1.38. The number of carbonyl (C=O) groups excluding carboxylic acids is 1. The molecule has 1 amide bonds. The van der Waals surface area contributed by atoms with Crippen LogP contribution in [0.15, 0.2) is 36.8 Å². The van der Waals surface area contributed by atoms with Crippen LogP contribution < -0.4 is 10.6 Å². The van der Waals surface area contributed by atoms with Crippen molar-refractivity contribution in [3.63, 3.8) is 0 Å². The van der Waals surface area contributed by atoms with Gasteiger partial charge in [-0.3, -0.25) is 14.9 Å². The highest BCUT2D eigenvalue weighted by atomic mass is 32.2. The quantitative estimate of drug-likeness (QED) is 0.489. The predicted octanol–water partition coefficient (Wildman–Crippen LogP) is 3.53. The first kappa shape index (κ1) is 21.9. The van der Waals surface area contributed by atoms with E-state index < -0.39 is 9.84 Å². The molecule has 174 valence electrons. The number of carbonyl (C=O) groups is 1. The van der Waals surface area contributed by atoms with Crippen LogP contribution in [0, 0.1) is 5.92 Å². The normalized spacial score (nSPS) is 19.3. The lowest BCUT2D eigenvalue weighted by Crippen LogP contribution is -2.30. The van der Waals surface area contributed by atoms with Crippen LogP contribution in [-0.2, 0) is 9.84 Å². The molecule has 3 N–H and O–H groups in total. The molecular weight excluding hydrogens is 438 g/mol. The van der Waals surface area contributed by atoms with Crippen molar-refractivity contribution in [3.05, 3.63) is 42.4 Å². The lowest BCUT2D eigenvalue weighted by molar-refractivity contribution is 0.0951. The number of pyridine rings is 1. The Morgan fingerprint density at radius 1 is 1.18 bits per heavy atom. The molecule has 2 aliphatic rings. The molecule has 9 heteroatoms. The molecule has 5 rings (SSSR count). The summed E-state index contributed by atoms with van der Waals surface area (Å²) in [6.45, 7) is 2.69. The van der Waals surface area contributed by atoms with E-state index in [0.717, 1.165) is 47.0 Å². The standard InChI is InChI=1S/C24H29N5O3S/c1-24(7-8-24)29-22-19-12-17(18-13-27-28-14-18)2-3-21(19)26-15-20(22)23(30)25-9-4-16-5-10-33(31,32)11-6-16/h2-3,12-16H,4-11H2,1H3,(H,25,30)(H,26,29)(H,27,28). The molecule has 1 saturated carbocycles. The zero-order valence-corrected chi connectivity index (χ0v) is 19.5. The SMILES string of the molecule is CC1(Nc2c(C(=O)NCCC3CCS(=O)(=O)CC3)cnc3ccc(-c4cn[nH]c4)cc23)CC1. The van der Waals surface area contributed by atoms with Crippen LogP contribution in [0.2, 0.25) is 0 Å². The van der Waals surface area contributed by atoms with E-state index in [1.54, 1.807) is 12.4 Å². The van der Waals surface area contributed by atoms with E-state index in [9.17, 15) is 13.2 Å². The molecule has 0 atom stereocenters. The molecule has 0 spiro atoms. The van der Waals surface area contributed by atoms with E-state index in [1.165, 1.54) is 0 Å². The zero-order valence-electron chi connectivity index (χ0n) is 18.7. The minimum absolute atomic E-state index is 0.0114. The smallest absolute Gasteiger partial charge is 0.254 e. The van der Waals surface area contributed by atoms with Gasteiger partial charge >= 0.3 is 0 Å². The van der Waals surface area contributed by atoms with E-state index in [2.05, 4.69) is 38.8 Å². The number of aromatic nitrogens is 3. The van der Waals surface area contributed by atoms with Gasteiger partial charge in [0.25, 0.3) is 5.91 Å². The van der Waals surface area contributed by atoms with Crippen molar-refractivity contribution in [2.24, 2.45) is 5.92 Å². The van der Waals surface area contributed by atoms with Gasteiger partial charge in [0.05, 0.1) is 34.5 Å². The number of hydrogen-bond donors (Lipinski definition) is 3. The van der Waals surface area contributed by atoms with E-state index in [-0.39, 0.29) is 23.0 Å². The van der Waals surface area contributed by atoms with E-state index >= 15 is 0 Å². The highest BCUT2D eigenvalue weighted by Gasteiger charge is 2.38. The first-order chi connectivity index (χ1) is 15.8. The van der Waals surface area contributed by atoms with Gasteiger partial charge in [-0.25, -0.2) is 8.42 Å². The first-order valence-electron chi connectivity index (χ1n) is 11.5. The summed E-state index contributed by atoms with van der Waals surface area (Å²) >= 11 is 0. The van der Waals surface area contributed by atoms with Gasteiger partial charge in [-0.1, -0.05) is 6.07 Å². The second kappa shape index (κ2) is 8.44. The largest absolute Gasteiger partial charge is 0.379 e. The van der Waals surface area contributed by atoms with Gasteiger partial charge in [-0.2, -0.15) is 5.10 Å². The zero-order chi connectivity index (χ0) is 23.1. The Morgan fingerprint density at radius 2 is 1.97 bits per heavy atom. The topological polar surface area (TPSA) is 117 Å². The maximum Gasteiger partial charge on any atom is 0.254 e. The van der Waals surface area contributed by atoms with Crippen LogP contribution >= 0.6 is 0 Å². The summed E-state index contributed by atoms with van der Waals surface area (Å²) in [5.74, 6) is 0.690. The van der Waals surface area contributed by atoms with Gasteiger partial charge in [0.1, 0.15) is 9.84 Å². The molecule has 1 aliphatic heterocycles. The Labute approximate surface area is 193 Å². The molecule has 3 aromatic rings. The summed E-state index contributed by atoms with van der Waals surface area (Å²) in [4.78, 5) is 17.7. The molecule has 3 heterocycles. The summed E-state index contributed by atoms with van der Waals surface area (Å²) < 4.78 is 23.3. The Kier molecular flexibility index (Phi) is 5.60. The third kappa shape index (κ3) is 4.88. The number of benzene rings is 1. The second-order valence-electron chi connectivity index (χ2n) is 9.59. The van der Waals surface area contributed by atoms with E-state index in [0.29, 0.717) is 30.9 Å². The molecule has 0 radical (unpaired) electrons. The van der Waals surface area contributed by atoms with Crippen molar-refractivity contribution < 1.29 is 13.2 Å². The fourth-order valence-electron chi connectivity index (χ4n) is 4.41. The molecule has 2 aromatic heterocycles. The highest BCUT2D eigenvalue weighted by molar-refractivity contribution is 7.91. The van der Waals surface area contributed by atoms with Crippen molar-refractivity contribution in [3.8, 4) is 11.1 Å². The van der Waals surface area contributed by atoms with Crippen LogP contribution in [0.4, 0.5) is 5.69 Å². The molecule has 8 nitrogen and oxygen atoms in total. The molecular formula is C24H29N5O3S. The van der Waals surface area contributed by atoms with Gasteiger partial charge in [0.15, 0.2) is 0 Å². The van der Waals surface area contributed by atoms with E-state index in [1.807, 2.05) is 18.3 Å². The summed E-state index contributed by atoms with van der Waals surface area (Å²) in [6.07, 6.45) is 9.53. The monoisotopic (exact) mass is 467 g/mol. The van der Waals surface area contributed by atoms with Crippen molar-refractivity contribution in [1.29, 1.82) is 0 Å². The molecule has 0 bridgehead atoms. The lowest BCUT2D eigenvalue weighted by atomic mass is 9.99. The number of amides is 1. The molecule has 1 saturated heterocycles. The number of rotatable bonds is 7. The minimum atomic E-state index is -2.87. The van der Waals surface area contributed by atoms with Gasteiger partial charge in [0.2, 0.25) is 0 Å². The molecule has 0 unspecified atom stereocenters. The van der Waals surface area contributed by atoms with Gasteiger partial charge in [-0.05, 0) is 62.6 Å². The Bertz CT molecular complexity index is 1270. The van der Waals surface area contributed by atoms with Crippen molar-refractivity contribution >= 4 is 32.3 Å². The molecule has 33 heavy (non-hydrogen) atoms. The first-order valence-corrected chi connectivity index (χ1v) is 13.3. The number of fused-ring (bicyclic) bond motifs is 1. The Hall–Kier alpha value is -2.94. The number of nitrogens with one attached hydrogen (secondary N) is 3. The minimum Gasteiger partial charge on any atom is -0.379 e. The van der Waals surface area contributed by atoms with Crippen LogP contribution in [0.3, 0.4) is 0 Å².